The molecule has 0 amide bonds. The zero-order valence-corrected chi connectivity index (χ0v) is 12.7. The summed E-state index contributed by atoms with van der Waals surface area (Å²) in [6.07, 6.45) is 3.39. The molecule has 0 radical (unpaired) electrons. The maximum absolute atomic E-state index is 12.9. The largest absolute Gasteiger partial charge is 0.480 e. The minimum Gasteiger partial charge on any atom is -0.480 e. The van der Waals surface area contributed by atoms with Gasteiger partial charge < -0.3 is 5.11 Å². The lowest BCUT2D eigenvalue weighted by atomic mass is 10.2. The Labute approximate surface area is 133 Å². The average Bonchev–Trinajstić information content (AvgIpc) is 3.09. The van der Waals surface area contributed by atoms with Crippen molar-refractivity contribution >= 4 is 18.4 Å². The Morgan fingerprint density at radius 1 is 1.32 bits per heavy atom. The van der Waals surface area contributed by atoms with Gasteiger partial charge in [-0.2, -0.15) is 5.10 Å². The van der Waals surface area contributed by atoms with Gasteiger partial charge in [-0.25, -0.2) is 9.07 Å². The summed E-state index contributed by atoms with van der Waals surface area (Å²) in [6.45, 7) is 1.30. The van der Waals surface area contributed by atoms with Gasteiger partial charge in [0, 0.05) is 12.7 Å². The molecule has 1 aromatic carbocycles. The Bertz CT molecular complexity index is 644. The number of halogens is 2. The van der Waals surface area contributed by atoms with Gasteiger partial charge in [0.15, 0.2) is 0 Å². The van der Waals surface area contributed by atoms with Crippen LogP contribution in [0.5, 0.6) is 0 Å². The van der Waals surface area contributed by atoms with E-state index in [1.54, 1.807) is 23.0 Å². The maximum Gasteiger partial charge on any atom is 0.320 e. The molecule has 2 heterocycles. The number of hydrogen-bond donors (Lipinski definition) is 1. The number of aromatic nitrogens is 2. The van der Waals surface area contributed by atoms with Gasteiger partial charge in [0.2, 0.25) is 0 Å². The van der Waals surface area contributed by atoms with Crippen molar-refractivity contribution in [2.24, 2.45) is 0 Å². The fourth-order valence-corrected chi connectivity index (χ4v) is 2.69. The van der Waals surface area contributed by atoms with Crippen LogP contribution in [-0.2, 0) is 11.3 Å². The first-order chi connectivity index (χ1) is 10.1. The van der Waals surface area contributed by atoms with Crippen molar-refractivity contribution in [1.82, 2.24) is 14.7 Å². The molecule has 1 atom stereocenters. The Kier molecular flexibility index (Phi) is 5.15. The monoisotopic (exact) mass is 325 g/mol. The summed E-state index contributed by atoms with van der Waals surface area (Å²) in [5.41, 5.74) is 1.59. The third-order valence-corrected chi connectivity index (χ3v) is 3.75. The van der Waals surface area contributed by atoms with E-state index < -0.39 is 12.0 Å². The molecule has 0 spiro atoms. The van der Waals surface area contributed by atoms with Crippen molar-refractivity contribution in [3.8, 4) is 5.69 Å². The quantitative estimate of drug-likeness (QED) is 0.938. The van der Waals surface area contributed by atoms with Crippen LogP contribution < -0.4 is 0 Å². The van der Waals surface area contributed by atoms with E-state index in [1.165, 1.54) is 12.1 Å². The van der Waals surface area contributed by atoms with Crippen molar-refractivity contribution in [2.75, 3.05) is 6.54 Å². The van der Waals surface area contributed by atoms with Crippen LogP contribution in [-0.4, -0.2) is 38.3 Å². The fraction of sp³-hybridized carbons (Fsp3) is 0.333. The normalized spacial score (nSPS) is 18.1. The minimum absolute atomic E-state index is 0. The number of carboxylic acids is 1. The molecule has 118 valence electrons. The molecule has 0 unspecified atom stereocenters. The number of carbonyl (C=O) groups is 1. The number of nitrogens with zero attached hydrogens (tertiary/aromatic N) is 3. The van der Waals surface area contributed by atoms with E-state index in [0.29, 0.717) is 13.0 Å². The summed E-state index contributed by atoms with van der Waals surface area (Å²) in [6, 6.07) is 7.53. The first-order valence-electron chi connectivity index (χ1n) is 6.91. The summed E-state index contributed by atoms with van der Waals surface area (Å²) in [7, 11) is 0. The summed E-state index contributed by atoms with van der Waals surface area (Å²) in [5, 5.41) is 13.6. The van der Waals surface area contributed by atoms with Crippen molar-refractivity contribution in [1.29, 1.82) is 0 Å². The van der Waals surface area contributed by atoms with Gasteiger partial charge in [-0.1, -0.05) is 0 Å². The Morgan fingerprint density at radius 3 is 2.73 bits per heavy atom. The topological polar surface area (TPSA) is 58.4 Å². The molecule has 3 rings (SSSR count). The van der Waals surface area contributed by atoms with Gasteiger partial charge in [-0.3, -0.25) is 9.69 Å². The van der Waals surface area contributed by atoms with E-state index in [2.05, 4.69) is 5.10 Å². The van der Waals surface area contributed by atoms with E-state index in [4.69, 9.17) is 5.11 Å². The van der Waals surface area contributed by atoms with Crippen molar-refractivity contribution in [2.45, 2.75) is 25.4 Å². The molecule has 22 heavy (non-hydrogen) atoms. The lowest BCUT2D eigenvalue weighted by molar-refractivity contribution is -0.142. The average molecular weight is 326 g/mol. The molecular formula is C15H17ClFN3O2. The van der Waals surface area contributed by atoms with E-state index in [1.807, 2.05) is 11.0 Å². The molecule has 1 N–H and O–H groups in total. The number of carboxylic acid groups (broad SMARTS) is 1. The summed E-state index contributed by atoms with van der Waals surface area (Å²) in [4.78, 5) is 13.1. The van der Waals surface area contributed by atoms with Crippen molar-refractivity contribution < 1.29 is 14.3 Å². The highest BCUT2D eigenvalue weighted by Gasteiger charge is 2.30. The van der Waals surface area contributed by atoms with Crippen LogP contribution in [0.3, 0.4) is 0 Å². The Hall–Kier alpha value is -1.92. The molecule has 0 saturated carbocycles. The van der Waals surface area contributed by atoms with Gasteiger partial charge in [0.1, 0.15) is 11.9 Å². The highest BCUT2D eigenvalue weighted by Crippen LogP contribution is 2.20. The van der Waals surface area contributed by atoms with Gasteiger partial charge in [0.25, 0.3) is 0 Å². The van der Waals surface area contributed by atoms with E-state index in [9.17, 15) is 9.18 Å². The number of likely N-dealkylation sites (tertiary alicyclic amines) is 1. The second kappa shape index (κ2) is 6.89. The zero-order valence-electron chi connectivity index (χ0n) is 11.9. The number of benzene rings is 1. The molecule has 1 saturated heterocycles. The molecule has 5 nitrogen and oxygen atoms in total. The predicted octanol–water partition coefficient (Wildman–Crippen LogP) is 2.48. The number of hydrogen-bond acceptors (Lipinski definition) is 3. The molecule has 0 aliphatic carbocycles. The van der Waals surface area contributed by atoms with Crippen molar-refractivity contribution in [3.63, 3.8) is 0 Å². The lowest BCUT2D eigenvalue weighted by Gasteiger charge is -2.19. The highest BCUT2D eigenvalue weighted by atomic mass is 35.5. The first-order valence-corrected chi connectivity index (χ1v) is 6.91. The van der Waals surface area contributed by atoms with E-state index >= 15 is 0 Å². The molecule has 1 fully saturated rings. The van der Waals surface area contributed by atoms with Crippen LogP contribution in [0.1, 0.15) is 18.5 Å². The second-order valence-electron chi connectivity index (χ2n) is 5.19. The molecule has 2 aromatic rings. The van der Waals surface area contributed by atoms with Crippen LogP contribution in [0.15, 0.2) is 36.5 Å². The summed E-state index contributed by atoms with van der Waals surface area (Å²) < 4.78 is 14.6. The minimum atomic E-state index is -0.773. The van der Waals surface area contributed by atoms with Gasteiger partial charge in [-0.15, -0.1) is 12.4 Å². The van der Waals surface area contributed by atoms with Crippen molar-refractivity contribution in [3.05, 3.63) is 48.0 Å². The number of aliphatic carboxylic acids is 1. The van der Waals surface area contributed by atoms with Crippen LogP contribution in [0, 0.1) is 5.82 Å². The van der Waals surface area contributed by atoms with E-state index in [-0.39, 0.29) is 18.2 Å². The summed E-state index contributed by atoms with van der Waals surface area (Å²) in [5.74, 6) is -1.06. The first kappa shape index (κ1) is 16.5. The van der Waals surface area contributed by atoms with Gasteiger partial charge >= 0.3 is 5.97 Å². The molecule has 7 heteroatoms. The molecule has 1 aromatic heterocycles. The SMILES string of the molecule is Cl.O=C(O)[C@H]1CCCN1Cc1ccn(-c2ccc(F)cc2)n1. The third kappa shape index (κ3) is 3.45. The highest BCUT2D eigenvalue weighted by molar-refractivity contribution is 5.85. The lowest BCUT2D eigenvalue weighted by Crippen LogP contribution is -2.35. The fourth-order valence-electron chi connectivity index (χ4n) is 2.69. The van der Waals surface area contributed by atoms with Crippen LogP contribution in [0.25, 0.3) is 5.69 Å². The van der Waals surface area contributed by atoms with Crippen LogP contribution in [0.2, 0.25) is 0 Å². The van der Waals surface area contributed by atoms with Gasteiger partial charge in [0.05, 0.1) is 11.4 Å². The molecule has 0 bridgehead atoms. The molecule has 1 aliphatic rings. The molecule has 1 aliphatic heterocycles. The van der Waals surface area contributed by atoms with Crippen LogP contribution >= 0.6 is 12.4 Å². The standard InChI is InChI=1S/C15H16FN3O2.ClH/c16-11-3-5-13(6-4-11)19-9-7-12(17-19)10-18-8-1-2-14(18)15(20)21;/h3-7,9,14H,1-2,8,10H2,(H,20,21);1H/t14-;/m1./s1. The smallest absolute Gasteiger partial charge is 0.320 e. The Balaban J connectivity index is 0.00000176. The molecular weight excluding hydrogens is 309 g/mol. The number of rotatable bonds is 4. The van der Waals surface area contributed by atoms with Gasteiger partial charge in [-0.05, 0) is 49.7 Å². The second-order valence-corrected chi connectivity index (χ2v) is 5.19. The zero-order chi connectivity index (χ0) is 14.8. The summed E-state index contributed by atoms with van der Waals surface area (Å²) >= 11 is 0. The Morgan fingerprint density at radius 2 is 2.05 bits per heavy atom. The van der Waals surface area contributed by atoms with Crippen LogP contribution in [0.4, 0.5) is 4.39 Å². The third-order valence-electron chi connectivity index (χ3n) is 3.75. The van der Waals surface area contributed by atoms with E-state index in [0.717, 1.165) is 24.3 Å². The predicted molar refractivity (Wildman–Crippen MR) is 81.8 cm³/mol. The maximum atomic E-state index is 12.9.